The minimum absolute atomic E-state index is 0.139. The molecule has 6 nitrogen and oxygen atoms in total. The van der Waals surface area contributed by atoms with Crippen molar-refractivity contribution < 1.29 is 29.3 Å². The minimum Gasteiger partial charge on any atom is -0.497 e. The van der Waals surface area contributed by atoms with E-state index in [2.05, 4.69) is 88.4 Å². The average molecular weight is 789 g/mol. The molecule has 0 bridgehead atoms. The highest BCUT2D eigenvalue weighted by atomic mass is 16.5. The fourth-order valence-corrected chi connectivity index (χ4v) is 15.7. The van der Waals surface area contributed by atoms with Gasteiger partial charge in [-0.3, -0.25) is 9.59 Å². The molecule has 8 aliphatic carbocycles. The zero-order valence-electron chi connectivity index (χ0n) is 36.0. The van der Waals surface area contributed by atoms with Gasteiger partial charge in [-0.2, -0.15) is 0 Å². The monoisotopic (exact) mass is 789 g/mol. The summed E-state index contributed by atoms with van der Waals surface area (Å²) in [6.07, 6.45) is 17.7. The quantitative estimate of drug-likeness (QED) is 0.300. The summed E-state index contributed by atoms with van der Waals surface area (Å²) in [6, 6.07) is 17.2. The molecule has 6 saturated carbocycles. The zero-order chi connectivity index (χ0) is 40.8. The van der Waals surface area contributed by atoms with Gasteiger partial charge in [0.2, 0.25) is 0 Å². The Morgan fingerprint density at radius 2 is 0.897 bits per heavy atom. The summed E-state index contributed by atoms with van der Waals surface area (Å²) >= 11 is 0. The van der Waals surface area contributed by atoms with Gasteiger partial charge in [-0.1, -0.05) is 75.3 Å². The van der Waals surface area contributed by atoms with E-state index >= 15 is 0 Å². The summed E-state index contributed by atoms with van der Waals surface area (Å²) in [5.74, 6) is 6.89. The van der Waals surface area contributed by atoms with Crippen LogP contribution in [-0.4, -0.2) is 48.2 Å². The molecule has 8 aliphatic rings. The molecule has 0 aromatic heterocycles. The third-order valence-corrected chi connectivity index (χ3v) is 18.6. The number of methoxy groups -OCH3 is 2. The number of carbonyl (C=O) groups is 2. The molecule has 0 radical (unpaired) electrons. The number of ether oxygens (including phenoxy) is 2. The number of allylic oxidation sites excluding steroid dienone is 2. The predicted molar refractivity (Wildman–Crippen MR) is 228 cm³/mol. The van der Waals surface area contributed by atoms with E-state index in [4.69, 9.17) is 9.47 Å². The van der Waals surface area contributed by atoms with E-state index in [1.54, 1.807) is 14.2 Å². The topological polar surface area (TPSA) is 93.1 Å². The number of carbonyl (C=O) groups excluding carboxylic acids is 2. The van der Waals surface area contributed by atoms with Gasteiger partial charge < -0.3 is 19.7 Å². The van der Waals surface area contributed by atoms with Crippen molar-refractivity contribution in [1.29, 1.82) is 0 Å². The molecule has 0 amide bonds. The maximum atomic E-state index is 13.0. The molecule has 58 heavy (non-hydrogen) atoms. The number of fused-ring (bicyclic) bond motifs is 10. The molecule has 6 heteroatoms. The van der Waals surface area contributed by atoms with Crippen molar-refractivity contribution in [2.75, 3.05) is 14.2 Å². The number of Topliss-reactive ketones (excluding diaryl/α,β-unsaturated/α-hetero) is 2. The van der Waals surface area contributed by atoms with E-state index in [-0.39, 0.29) is 33.9 Å². The lowest BCUT2D eigenvalue weighted by molar-refractivity contribution is -0.134. The molecule has 0 saturated heterocycles. The van der Waals surface area contributed by atoms with Gasteiger partial charge in [-0.25, -0.2) is 0 Å². The maximum absolute atomic E-state index is 13.0. The fourth-order valence-electron chi connectivity index (χ4n) is 15.7. The van der Waals surface area contributed by atoms with Crippen molar-refractivity contribution in [3.05, 3.63) is 83.0 Å². The van der Waals surface area contributed by atoms with Crippen LogP contribution in [0.15, 0.2) is 71.8 Å². The summed E-state index contributed by atoms with van der Waals surface area (Å²) in [6.45, 7) is 9.44. The molecule has 312 valence electrons. The van der Waals surface area contributed by atoms with Gasteiger partial charge in [0, 0.05) is 23.7 Å². The van der Waals surface area contributed by atoms with Gasteiger partial charge >= 0.3 is 0 Å². The Hall–Kier alpha value is -3.22. The van der Waals surface area contributed by atoms with Crippen LogP contribution in [0, 0.1) is 57.2 Å². The molecule has 0 heterocycles. The molecule has 14 atom stereocenters. The number of hydrogen-bond donors (Lipinski definition) is 2. The molecule has 0 spiro atoms. The summed E-state index contributed by atoms with van der Waals surface area (Å²) in [5.41, 5.74) is 5.60. The first kappa shape index (κ1) is 40.2. The molecule has 6 fully saturated rings. The minimum atomic E-state index is -0.282. The highest BCUT2D eigenvalue weighted by Gasteiger charge is 2.64. The van der Waals surface area contributed by atoms with Crippen molar-refractivity contribution in [2.24, 2.45) is 57.2 Å². The Kier molecular flexibility index (Phi) is 10.2. The van der Waals surface area contributed by atoms with Crippen LogP contribution < -0.4 is 9.47 Å². The third-order valence-electron chi connectivity index (χ3n) is 18.6. The summed E-state index contributed by atoms with van der Waals surface area (Å²) in [7, 11) is 3.42. The van der Waals surface area contributed by atoms with E-state index in [1.807, 2.05) is 0 Å². The largest absolute Gasteiger partial charge is 0.497 e. The lowest BCUT2D eigenvalue weighted by Crippen LogP contribution is -2.54. The Morgan fingerprint density at radius 1 is 0.517 bits per heavy atom. The summed E-state index contributed by atoms with van der Waals surface area (Å²) in [5, 5.41) is 20.6. The predicted octanol–water partition coefficient (Wildman–Crippen LogP) is 10.6. The lowest BCUT2D eigenvalue weighted by Gasteiger charge is -2.60. The summed E-state index contributed by atoms with van der Waals surface area (Å²) < 4.78 is 10.8. The molecule has 2 N–H and O–H groups in total. The average Bonchev–Trinajstić information content (AvgIpc) is 3.70. The Labute approximate surface area is 347 Å². The van der Waals surface area contributed by atoms with E-state index < -0.39 is 0 Å². The number of aliphatic hydroxyl groups is 2. The molecular weight excluding hydrogens is 721 g/mol. The van der Waals surface area contributed by atoms with Crippen molar-refractivity contribution in [3.63, 3.8) is 0 Å². The first-order chi connectivity index (χ1) is 27.7. The first-order valence-corrected chi connectivity index (χ1v) is 22.9. The molecule has 0 aliphatic heterocycles. The van der Waals surface area contributed by atoms with Crippen LogP contribution in [0.1, 0.15) is 141 Å². The van der Waals surface area contributed by atoms with Crippen LogP contribution in [0.2, 0.25) is 0 Å². The third kappa shape index (κ3) is 6.22. The number of ketones is 2. The van der Waals surface area contributed by atoms with E-state index in [0.717, 1.165) is 88.5 Å². The maximum Gasteiger partial charge on any atom is 0.139 e. The second-order valence-corrected chi connectivity index (χ2v) is 21.0. The van der Waals surface area contributed by atoms with Crippen molar-refractivity contribution in [3.8, 4) is 11.5 Å². The number of aliphatic hydroxyl groups excluding tert-OH is 2. The lowest BCUT2D eigenvalue weighted by atomic mass is 9.44. The van der Waals surface area contributed by atoms with Gasteiger partial charge in [0.05, 0.1) is 26.4 Å². The van der Waals surface area contributed by atoms with E-state index in [1.165, 1.54) is 35.1 Å². The second-order valence-electron chi connectivity index (χ2n) is 21.0. The van der Waals surface area contributed by atoms with Crippen molar-refractivity contribution >= 4 is 11.6 Å². The van der Waals surface area contributed by atoms with Crippen molar-refractivity contribution in [2.45, 2.75) is 142 Å². The van der Waals surface area contributed by atoms with Gasteiger partial charge in [-0.05, 0) is 171 Å². The summed E-state index contributed by atoms with van der Waals surface area (Å²) in [4.78, 5) is 26.0. The van der Waals surface area contributed by atoms with Crippen LogP contribution in [0.3, 0.4) is 0 Å². The SMILES string of the molecule is COc1ccc([C@H]2C[C@]3(C)C(=O)CC[C@H]3[C@@H]3CCC4=C[C@@H](O)CC[C@]4(C)[C@H]32)cc1.COc1ccc([C@H]2C[C@]3(C)C(=O)CC[C@H]3[C@@H]3CCC4=C[C@H](O)CC[C@]4(C)[C@H]32)cc1. The van der Waals surface area contributed by atoms with Gasteiger partial charge in [-0.15, -0.1) is 0 Å². The number of rotatable bonds is 4. The van der Waals surface area contributed by atoms with Gasteiger partial charge in [0.25, 0.3) is 0 Å². The van der Waals surface area contributed by atoms with Crippen molar-refractivity contribution in [1.82, 2.24) is 0 Å². The molecule has 2 aromatic carbocycles. The Balaban J connectivity index is 0.000000150. The second kappa shape index (κ2) is 14.8. The molecular formula is C52H68O6. The Bertz CT molecular complexity index is 1820. The fraction of sp³-hybridized carbons (Fsp3) is 0.654. The van der Waals surface area contributed by atoms with Crippen LogP contribution in [0.5, 0.6) is 11.5 Å². The number of hydrogen-bond acceptors (Lipinski definition) is 6. The molecule has 2 aromatic rings. The molecule has 0 unspecified atom stereocenters. The van der Waals surface area contributed by atoms with E-state index in [9.17, 15) is 19.8 Å². The normalized spacial score (nSPS) is 43.8. The van der Waals surface area contributed by atoms with Crippen LogP contribution in [0.25, 0.3) is 0 Å². The van der Waals surface area contributed by atoms with Gasteiger partial charge in [0.1, 0.15) is 23.1 Å². The number of benzene rings is 2. The van der Waals surface area contributed by atoms with Crippen LogP contribution in [0.4, 0.5) is 0 Å². The van der Waals surface area contributed by atoms with E-state index in [0.29, 0.717) is 58.9 Å². The highest BCUT2D eigenvalue weighted by Crippen LogP contribution is 2.70. The van der Waals surface area contributed by atoms with Crippen LogP contribution >= 0.6 is 0 Å². The van der Waals surface area contributed by atoms with Gasteiger partial charge in [0.15, 0.2) is 0 Å². The van der Waals surface area contributed by atoms with Crippen LogP contribution in [-0.2, 0) is 9.59 Å². The zero-order valence-corrected chi connectivity index (χ0v) is 36.0. The highest BCUT2D eigenvalue weighted by molar-refractivity contribution is 5.88. The smallest absolute Gasteiger partial charge is 0.139 e. The molecule has 10 rings (SSSR count). The standard InChI is InChI=1S/2C26H34O3/c2*1-25-13-12-18(27)14-17(25)6-9-20-22-10-11-23(28)26(22,2)15-21(24(20)25)16-4-7-19(29-3)8-5-16/h2*4-5,7-8,14,18,20-22,24,27H,6,9-13,15H2,1-3H3/t18-,20+,21-,22+,24-,25+,26+;18-,20-,21+,22-,24+,25-,26-/m10/s1. The first-order valence-electron chi connectivity index (χ1n) is 22.9. The Morgan fingerprint density at radius 3 is 1.26 bits per heavy atom.